The van der Waals surface area contributed by atoms with Crippen molar-refractivity contribution in [2.45, 2.75) is 18.9 Å². The smallest absolute Gasteiger partial charge is 0.414 e. The maximum absolute atomic E-state index is 14.5. The minimum absolute atomic E-state index is 0.00703. The van der Waals surface area contributed by atoms with Crippen LogP contribution in [0.2, 0.25) is 0 Å². The number of anilines is 1. The topological polar surface area (TPSA) is 106 Å². The Morgan fingerprint density at radius 3 is 2.68 bits per heavy atom. The van der Waals surface area contributed by atoms with E-state index in [2.05, 4.69) is 15.4 Å². The summed E-state index contributed by atoms with van der Waals surface area (Å²) in [4.78, 5) is 41.7. The number of carbonyl (C=O) groups excluding carboxylic acids is 3. The van der Waals surface area contributed by atoms with Crippen LogP contribution in [-0.2, 0) is 9.53 Å². The normalized spacial score (nSPS) is 15.1. The Bertz CT molecular complexity index is 1220. The van der Waals surface area contributed by atoms with Crippen LogP contribution in [0.25, 0.3) is 5.69 Å². The third-order valence-corrected chi connectivity index (χ3v) is 5.53. The molecular weight excluding hydrogens is 461 g/mol. The molecule has 174 valence electrons. The van der Waals surface area contributed by atoms with Crippen molar-refractivity contribution in [1.82, 2.24) is 20.1 Å². The molecule has 1 aliphatic rings. The van der Waals surface area contributed by atoms with Gasteiger partial charge in [-0.15, -0.1) is 0 Å². The predicted octanol–water partition coefficient (Wildman–Crippen LogP) is 2.86. The Morgan fingerprint density at radius 2 is 2.00 bits per heavy atom. The van der Waals surface area contributed by atoms with E-state index < -0.39 is 18.0 Å². The molecule has 2 aromatic carbocycles. The Kier molecular flexibility index (Phi) is 7.02. The molecule has 2 heterocycles. The summed E-state index contributed by atoms with van der Waals surface area (Å²) in [7, 11) is 0. The van der Waals surface area contributed by atoms with Crippen LogP contribution in [0, 0.1) is 5.82 Å². The van der Waals surface area contributed by atoms with E-state index in [9.17, 15) is 18.8 Å². The second kappa shape index (κ2) is 10.3. The first-order valence-electron chi connectivity index (χ1n) is 10.4. The minimum atomic E-state index is -0.637. The van der Waals surface area contributed by atoms with E-state index in [1.165, 1.54) is 39.7 Å². The van der Waals surface area contributed by atoms with E-state index in [1.807, 2.05) is 0 Å². The molecule has 0 aliphatic carbocycles. The molecule has 1 fully saturated rings. The van der Waals surface area contributed by atoms with Gasteiger partial charge in [-0.25, -0.2) is 18.9 Å². The maximum Gasteiger partial charge on any atom is 0.414 e. The van der Waals surface area contributed by atoms with Crippen LogP contribution in [0.15, 0.2) is 55.1 Å². The fraction of sp³-hybridized carbons (Fsp3) is 0.217. The summed E-state index contributed by atoms with van der Waals surface area (Å²) in [5, 5.41) is 8.08. The summed E-state index contributed by atoms with van der Waals surface area (Å²) in [5.41, 5.74) is 1.86. The van der Waals surface area contributed by atoms with Crippen molar-refractivity contribution in [3.8, 4) is 5.69 Å². The average Bonchev–Trinajstić information content (AvgIpc) is 3.51. The molecule has 3 aromatic rings. The lowest BCUT2D eigenvalue weighted by Crippen LogP contribution is -2.34. The number of ether oxygens (including phenoxy) is 1. The number of hydrogen-bond acceptors (Lipinski definition) is 7. The number of halogens is 1. The maximum atomic E-state index is 14.5. The molecule has 0 saturated carbocycles. The van der Waals surface area contributed by atoms with Crippen molar-refractivity contribution < 1.29 is 23.5 Å². The first kappa shape index (κ1) is 23.2. The van der Waals surface area contributed by atoms with E-state index in [1.54, 1.807) is 30.3 Å². The lowest BCUT2D eigenvalue weighted by Gasteiger charge is -2.14. The SMILES string of the molecule is O=C(CCC(=O)c1ccc(C=S)cc1)NC[C@H]1CN(c2ccc(-n3cncn3)c(F)c2)C(=O)O1. The first-order valence-corrected chi connectivity index (χ1v) is 10.9. The highest BCUT2D eigenvalue weighted by atomic mass is 32.1. The van der Waals surface area contributed by atoms with Crippen LogP contribution in [0.1, 0.15) is 28.8 Å². The molecule has 1 atom stereocenters. The van der Waals surface area contributed by atoms with Crippen LogP contribution < -0.4 is 10.2 Å². The first-order chi connectivity index (χ1) is 16.4. The fourth-order valence-corrected chi connectivity index (χ4v) is 3.61. The molecule has 1 aromatic heterocycles. The Labute approximate surface area is 199 Å². The number of rotatable bonds is 9. The van der Waals surface area contributed by atoms with Gasteiger partial charge < -0.3 is 10.1 Å². The number of nitrogens with zero attached hydrogens (tertiary/aromatic N) is 4. The minimum Gasteiger partial charge on any atom is -0.442 e. The number of benzene rings is 2. The zero-order valence-electron chi connectivity index (χ0n) is 17.9. The summed E-state index contributed by atoms with van der Waals surface area (Å²) in [6.07, 6.45) is 1.48. The van der Waals surface area contributed by atoms with Gasteiger partial charge in [0.15, 0.2) is 11.6 Å². The summed E-state index contributed by atoms with van der Waals surface area (Å²) in [6, 6.07) is 11.1. The van der Waals surface area contributed by atoms with Gasteiger partial charge in [-0.2, -0.15) is 5.10 Å². The van der Waals surface area contributed by atoms with E-state index in [-0.39, 0.29) is 43.3 Å². The number of amides is 2. The van der Waals surface area contributed by atoms with E-state index in [0.717, 1.165) is 5.56 Å². The highest BCUT2D eigenvalue weighted by Crippen LogP contribution is 2.25. The van der Waals surface area contributed by atoms with Gasteiger partial charge in [-0.05, 0) is 23.8 Å². The second-order valence-corrected chi connectivity index (χ2v) is 7.79. The zero-order valence-corrected chi connectivity index (χ0v) is 18.7. The van der Waals surface area contributed by atoms with Crippen LogP contribution >= 0.6 is 12.2 Å². The Hall–Kier alpha value is -3.99. The number of Topliss-reactive ketones (excluding diaryl/α,β-unsaturated/α-hetero) is 1. The van der Waals surface area contributed by atoms with Gasteiger partial charge >= 0.3 is 6.09 Å². The fourth-order valence-electron chi connectivity index (χ4n) is 3.46. The monoisotopic (exact) mass is 481 g/mol. The highest BCUT2D eigenvalue weighted by molar-refractivity contribution is 7.79. The Balaban J connectivity index is 1.26. The molecule has 0 radical (unpaired) electrons. The van der Waals surface area contributed by atoms with Gasteiger partial charge in [0.1, 0.15) is 24.4 Å². The second-order valence-electron chi connectivity index (χ2n) is 7.56. The number of cyclic esters (lactones) is 1. The largest absolute Gasteiger partial charge is 0.442 e. The standard InChI is InChI=1S/C23H20FN5O4S/c24-19-9-17(5-6-20(19)29-14-25-13-27-29)28-11-18(33-23(28)32)10-26-22(31)8-7-21(30)16-3-1-15(12-34)2-4-16/h1-6,9,12-14,18H,7-8,10-11H2,(H,26,31)/t18-/m0/s1. The summed E-state index contributed by atoms with van der Waals surface area (Å²) in [6.45, 7) is 0.227. The van der Waals surface area contributed by atoms with Gasteiger partial charge in [0.05, 0.1) is 18.8 Å². The van der Waals surface area contributed by atoms with Gasteiger partial charge in [0, 0.05) is 23.8 Å². The van der Waals surface area contributed by atoms with Crippen molar-refractivity contribution in [3.05, 3.63) is 72.1 Å². The highest BCUT2D eigenvalue weighted by Gasteiger charge is 2.33. The van der Waals surface area contributed by atoms with Crippen molar-refractivity contribution in [2.24, 2.45) is 0 Å². The molecule has 11 heteroatoms. The molecule has 0 spiro atoms. The van der Waals surface area contributed by atoms with E-state index >= 15 is 0 Å². The summed E-state index contributed by atoms with van der Waals surface area (Å²) < 4.78 is 21.1. The number of nitrogens with one attached hydrogen (secondary N) is 1. The molecule has 9 nitrogen and oxygen atoms in total. The molecule has 4 rings (SSSR count). The third-order valence-electron chi connectivity index (χ3n) is 5.26. The van der Waals surface area contributed by atoms with Crippen LogP contribution in [0.5, 0.6) is 0 Å². The number of carbonyl (C=O) groups is 3. The average molecular weight is 482 g/mol. The van der Waals surface area contributed by atoms with Gasteiger partial charge in [-0.3, -0.25) is 14.5 Å². The number of thiocarbonyl (C=S) groups is 1. The lowest BCUT2D eigenvalue weighted by atomic mass is 10.0. The van der Waals surface area contributed by atoms with Crippen molar-refractivity contribution >= 4 is 41.1 Å². The Morgan fingerprint density at radius 1 is 1.21 bits per heavy atom. The summed E-state index contributed by atoms with van der Waals surface area (Å²) in [5.74, 6) is -1.06. The molecule has 2 amide bonds. The lowest BCUT2D eigenvalue weighted by molar-refractivity contribution is -0.121. The molecule has 0 unspecified atom stereocenters. The molecular formula is C23H20FN5O4S. The van der Waals surface area contributed by atoms with Crippen molar-refractivity contribution in [1.29, 1.82) is 0 Å². The number of hydrogen-bond donors (Lipinski definition) is 1. The number of ketones is 1. The predicted molar refractivity (Wildman–Crippen MR) is 125 cm³/mol. The zero-order chi connectivity index (χ0) is 24.1. The number of aromatic nitrogens is 3. The molecule has 34 heavy (non-hydrogen) atoms. The van der Waals surface area contributed by atoms with Crippen molar-refractivity contribution in [2.75, 3.05) is 18.0 Å². The van der Waals surface area contributed by atoms with Crippen LogP contribution in [0.3, 0.4) is 0 Å². The van der Waals surface area contributed by atoms with E-state index in [0.29, 0.717) is 11.3 Å². The summed E-state index contributed by atoms with van der Waals surface area (Å²) >= 11 is 4.84. The molecule has 1 saturated heterocycles. The molecule has 0 bridgehead atoms. The third kappa shape index (κ3) is 5.31. The van der Waals surface area contributed by atoms with Crippen LogP contribution in [-0.4, -0.2) is 57.1 Å². The van der Waals surface area contributed by atoms with Gasteiger partial charge in [0.25, 0.3) is 0 Å². The van der Waals surface area contributed by atoms with Gasteiger partial charge in [0.2, 0.25) is 5.91 Å². The molecule has 1 N–H and O–H groups in total. The quantitative estimate of drug-likeness (QED) is 0.370. The van der Waals surface area contributed by atoms with E-state index in [4.69, 9.17) is 17.0 Å². The molecule has 1 aliphatic heterocycles. The van der Waals surface area contributed by atoms with Crippen LogP contribution in [0.4, 0.5) is 14.9 Å². The van der Waals surface area contributed by atoms with Crippen molar-refractivity contribution in [3.63, 3.8) is 0 Å². The van der Waals surface area contributed by atoms with Gasteiger partial charge in [-0.1, -0.05) is 36.5 Å².